The first-order valence-electron chi connectivity index (χ1n) is 11.3. The van der Waals surface area contributed by atoms with Crippen molar-refractivity contribution in [2.75, 3.05) is 6.54 Å². The summed E-state index contributed by atoms with van der Waals surface area (Å²) in [5.41, 5.74) is 4.36. The van der Waals surface area contributed by atoms with Crippen LogP contribution in [-0.2, 0) is 6.42 Å². The van der Waals surface area contributed by atoms with Gasteiger partial charge in [0, 0.05) is 31.1 Å². The minimum atomic E-state index is -0.613. The Morgan fingerprint density at radius 3 is 2.94 bits per heavy atom. The molecule has 0 unspecified atom stereocenters. The molecule has 1 aliphatic heterocycles. The number of carbonyl (C=O) groups excluding carboxylic acids is 1. The third kappa shape index (κ3) is 3.47. The van der Waals surface area contributed by atoms with Gasteiger partial charge in [0.2, 0.25) is 0 Å². The SMILES string of the molecule is CC(C)c1cccn2nc([C@H]3c4nc[nH]c4CCN3C(=O)c3nnc(-c4ncccc4F)o3)cc12. The van der Waals surface area contributed by atoms with Gasteiger partial charge in [-0.2, -0.15) is 5.10 Å². The zero-order chi connectivity index (χ0) is 24.1. The number of nitrogens with zero attached hydrogens (tertiary/aromatic N) is 7. The van der Waals surface area contributed by atoms with Gasteiger partial charge in [-0.3, -0.25) is 4.79 Å². The highest BCUT2D eigenvalue weighted by Crippen LogP contribution is 2.35. The molecule has 0 spiro atoms. The van der Waals surface area contributed by atoms with E-state index >= 15 is 0 Å². The molecule has 0 saturated carbocycles. The van der Waals surface area contributed by atoms with Crippen LogP contribution in [0.15, 0.2) is 53.5 Å². The lowest BCUT2D eigenvalue weighted by atomic mass is 9.98. The molecule has 0 fully saturated rings. The topological polar surface area (TPSA) is 118 Å². The van der Waals surface area contributed by atoms with Crippen molar-refractivity contribution in [2.45, 2.75) is 32.2 Å². The van der Waals surface area contributed by atoms with Crippen LogP contribution in [0.4, 0.5) is 4.39 Å². The monoisotopic (exact) mass is 472 g/mol. The third-order valence-electron chi connectivity index (χ3n) is 6.21. The smallest absolute Gasteiger partial charge is 0.312 e. The number of pyridine rings is 2. The number of carbonyl (C=O) groups is 1. The normalized spacial score (nSPS) is 15.7. The van der Waals surface area contributed by atoms with Gasteiger partial charge in [0.1, 0.15) is 6.04 Å². The predicted octanol–water partition coefficient (Wildman–Crippen LogP) is 3.55. The molecule has 1 N–H and O–H groups in total. The molecular weight excluding hydrogens is 451 g/mol. The van der Waals surface area contributed by atoms with Crippen molar-refractivity contribution in [3.8, 4) is 11.6 Å². The first-order chi connectivity index (χ1) is 17.0. The summed E-state index contributed by atoms with van der Waals surface area (Å²) in [5, 5.41) is 12.5. The number of imidazole rings is 1. The first kappa shape index (κ1) is 21.1. The van der Waals surface area contributed by atoms with Crippen molar-refractivity contribution >= 4 is 11.4 Å². The van der Waals surface area contributed by atoms with Crippen LogP contribution < -0.4 is 0 Å². The first-order valence-corrected chi connectivity index (χ1v) is 11.3. The maximum atomic E-state index is 14.1. The Bertz CT molecular complexity index is 1550. The van der Waals surface area contributed by atoms with E-state index in [-0.39, 0.29) is 17.5 Å². The zero-order valence-corrected chi connectivity index (χ0v) is 19.0. The van der Waals surface area contributed by atoms with Crippen LogP contribution >= 0.6 is 0 Å². The van der Waals surface area contributed by atoms with Gasteiger partial charge in [0.25, 0.3) is 5.89 Å². The number of H-pyrrole nitrogens is 1. The van der Waals surface area contributed by atoms with Crippen molar-refractivity contribution in [2.24, 2.45) is 0 Å². The molecule has 10 nitrogen and oxygen atoms in total. The number of aromatic amines is 1. The van der Waals surface area contributed by atoms with Gasteiger partial charge in [-0.25, -0.2) is 18.9 Å². The second kappa shape index (κ2) is 8.12. The number of rotatable bonds is 4. The largest absolute Gasteiger partial charge is 0.411 e. The molecule has 1 amide bonds. The van der Waals surface area contributed by atoms with Gasteiger partial charge in [-0.1, -0.05) is 19.9 Å². The summed E-state index contributed by atoms with van der Waals surface area (Å²) < 4.78 is 21.5. The lowest BCUT2D eigenvalue weighted by Crippen LogP contribution is -2.41. The number of halogens is 1. The maximum Gasteiger partial charge on any atom is 0.312 e. The number of hydrogen-bond donors (Lipinski definition) is 1. The summed E-state index contributed by atoms with van der Waals surface area (Å²) in [6.07, 6.45) is 5.50. The van der Waals surface area contributed by atoms with E-state index in [0.717, 1.165) is 22.5 Å². The molecule has 0 saturated heterocycles. The van der Waals surface area contributed by atoms with Gasteiger partial charge in [0.15, 0.2) is 11.5 Å². The average molecular weight is 472 g/mol. The van der Waals surface area contributed by atoms with Crippen molar-refractivity contribution in [1.82, 2.24) is 39.7 Å². The Morgan fingerprint density at radius 2 is 2.11 bits per heavy atom. The average Bonchev–Trinajstić information content (AvgIpc) is 3.62. The molecule has 0 aromatic carbocycles. The van der Waals surface area contributed by atoms with Gasteiger partial charge in [-0.05, 0) is 35.7 Å². The molecular formula is C24H21FN8O2. The lowest BCUT2D eigenvalue weighted by molar-refractivity contribution is 0.0646. The summed E-state index contributed by atoms with van der Waals surface area (Å²) in [6, 6.07) is 8.17. The van der Waals surface area contributed by atoms with E-state index in [4.69, 9.17) is 9.52 Å². The summed E-state index contributed by atoms with van der Waals surface area (Å²) in [4.78, 5) is 26.8. The van der Waals surface area contributed by atoms with Gasteiger partial charge < -0.3 is 14.3 Å². The second-order valence-electron chi connectivity index (χ2n) is 8.68. The summed E-state index contributed by atoms with van der Waals surface area (Å²) >= 11 is 0. The van der Waals surface area contributed by atoms with Crippen LogP contribution in [0.1, 0.15) is 59.1 Å². The zero-order valence-electron chi connectivity index (χ0n) is 19.0. The molecule has 35 heavy (non-hydrogen) atoms. The minimum absolute atomic E-state index is 0.106. The van der Waals surface area contributed by atoms with Crippen LogP contribution in [0.5, 0.6) is 0 Å². The highest BCUT2D eigenvalue weighted by atomic mass is 19.1. The third-order valence-corrected chi connectivity index (χ3v) is 6.21. The summed E-state index contributed by atoms with van der Waals surface area (Å²) in [7, 11) is 0. The molecule has 5 aromatic rings. The van der Waals surface area contributed by atoms with Gasteiger partial charge in [0.05, 0.1) is 23.2 Å². The molecule has 6 heterocycles. The Balaban J connectivity index is 1.42. The van der Waals surface area contributed by atoms with Crippen LogP contribution in [0.3, 0.4) is 0 Å². The van der Waals surface area contributed by atoms with Crippen LogP contribution in [0.2, 0.25) is 0 Å². The highest BCUT2D eigenvalue weighted by Gasteiger charge is 2.38. The van der Waals surface area contributed by atoms with Crippen molar-refractivity contribution in [1.29, 1.82) is 0 Å². The Labute approximate surface area is 198 Å². The predicted molar refractivity (Wildman–Crippen MR) is 122 cm³/mol. The van der Waals surface area contributed by atoms with Crippen LogP contribution in [0, 0.1) is 5.82 Å². The molecule has 5 aromatic heterocycles. The van der Waals surface area contributed by atoms with E-state index in [9.17, 15) is 9.18 Å². The molecule has 1 aliphatic rings. The number of hydrogen-bond acceptors (Lipinski definition) is 7. The van der Waals surface area contributed by atoms with E-state index in [2.05, 4.69) is 45.1 Å². The minimum Gasteiger partial charge on any atom is -0.411 e. The lowest BCUT2D eigenvalue weighted by Gasteiger charge is -2.32. The molecule has 1 atom stereocenters. The van der Waals surface area contributed by atoms with E-state index < -0.39 is 17.8 Å². The van der Waals surface area contributed by atoms with Gasteiger partial charge in [-0.15, -0.1) is 10.2 Å². The Hall–Kier alpha value is -4.41. The number of nitrogens with one attached hydrogen (secondary N) is 1. The Kier molecular flexibility index (Phi) is 4.90. The maximum absolute atomic E-state index is 14.1. The van der Waals surface area contributed by atoms with Crippen molar-refractivity contribution in [3.05, 3.63) is 83.4 Å². The van der Waals surface area contributed by atoms with E-state index in [1.54, 1.807) is 11.2 Å². The standard InChI is InChI=1S/C24H21FN8O2/c1-13(2)14-5-4-9-33-18(14)11-17(31-33)21-20-16(27-12-28-20)7-10-32(21)24(34)23-30-29-22(35-23)19-15(25)6-3-8-26-19/h3-6,8-9,11-13,21H,7,10H2,1-2H3,(H,27,28)/t21-/m0/s1. The fraction of sp³-hybridized carbons (Fsp3) is 0.250. The van der Waals surface area contributed by atoms with Crippen molar-refractivity contribution in [3.63, 3.8) is 0 Å². The van der Waals surface area contributed by atoms with Gasteiger partial charge >= 0.3 is 11.8 Å². The van der Waals surface area contributed by atoms with Crippen LogP contribution in [0.25, 0.3) is 17.1 Å². The quantitative estimate of drug-likeness (QED) is 0.425. The summed E-state index contributed by atoms with van der Waals surface area (Å²) in [5.74, 6) is -1.20. The molecule has 0 radical (unpaired) electrons. The van der Waals surface area contributed by atoms with E-state index in [0.29, 0.717) is 24.6 Å². The molecule has 6 rings (SSSR count). The van der Waals surface area contributed by atoms with Crippen LogP contribution in [-0.4, -0.2) is 52.1 Å². The molecule has 0 aliphatic carbocycles. The molecule has 176 valence electrons. The second-order valence-corrected chi connectivity index (χ2v) is 8.68. The number of fused-ring (bicyclic) bond motifs is 2. The highest BCUT2D eigenvalue weighted by molar-refractivity contribution is 5.90. The molecule has 11 heteroatoms. The number of amides is 1. The molecule has 0 bridgehead atoms. The Morgan fingerprint density at radius 1 is 1.23 bits per heavy atom. The van der Waals surface area contributed by atoms with E-state index in [1.165, 1.54) is 18.3 Å². The fourth-order valence-electron chi connectivity index (χ4n) is 4.54. The number of aromatic nitrogens is 7. The van der Waals surface area contributed by atoms with E-state index in [1.807, 2.05) is 22.8 Å². The summed E-state index contributed by atoms with van der Waals surface area (Å²) in [6.45, 7) is 4.64. The van der Waals surface area contributed by atoms with Crippen molar-refractivity contribution < 1.29 is 13.6 Å². The fourth-order valence-corrected chi connectivity index (χ4v) is 4.54.